The van der Waals surface area contributed by atoms with E-state index in [9.17, 15) is 0 Å². The number of hydrogen-bond acceptors (Lipinski definition) is 3. The number of nitrogens with two attached hydrogens (primary N) is 1. The van der Waals surface area contributed by atoms with E-state index in [4.69, 9.17) is 5.73 Å². The summed E-state index contributed by atoms with van der Waals surface area (Å²) < 4.78 is 0. The van der Waals surface area contributed by atoms with Gasteiger partial charge in [-0.15, -0.1) is 11.3 Å². The molecule has 14 heavy (non-hydrogen) atoms. The highest BCUT2D eigenvalue weighted by Crippen LogP contribution is 2.21. The third-order valence-corrected chi connectivity index (χ3v) is 3.97. The van der Waals surface area contributed by atoms with Crippen LogP contribution >= 0.6 is 22.7 Å². The van der Waals surface area contributed by atoms with Crippen molar-refractivity contribution in [2.45, 2.75) is 18.9 Å². The largest absolute Gasteiger partial charge is 0.323 e. The minimum absolute atomic E-state index is 0.204. The molecule has 0 aliphatic heterocycles. The second kappa shape index (κ2) is 4.73. The molecule has 1 atom stereocenters. The van der Waals surface area contributed by atoms with Gasteiger partial charge in [-0.05, 0) is 46.7 Å². The van der Waals surface area contributed by atoms with Gasteiger partial charge in [0.05, 0.1) is 0 Å². The molecule has 0 fully saturated rings. The lowest BCUT2D eigenvalue weighted by molar-refractivity contribution is 0.663. The fraction of sp³-hybridized carbons (Fsp3) is 0.273. The molecule has 74 valence electrons. The van der Waals surface area contributed by atoms with Gasteiger partial charge in [-0.25, -0.2) is 0 Å². The molecule has 0 bridgehead atoms. The van der Waals surface area contributed by atoms with Crippen LogP contribution in [-0.4, -0.2) is 0 Å². The van der Waals surface area contributed by atoms with Crippen LogP contribution in [0.1, 0.15) is 22.9 Å². The Morgan fingerprint density at radius 2 is 2.21 bits per heavy atom. The van der Waals surface area contributed by atoms with Crippen LogP contribution in [-0.2, 0) is 6.42 Å². The maximum Gasteiger partial charge on any atom is 0.0392 e. The number of aryl methyl sites for hydroxylation is 1. The van der Waals surface area contributed by atoms with Gasteiger partial charge < -0.3 is 5.73 Å². The fourth-order valence-electron chi connectivity index (χ4n) is 1.40. The second-order valence-corrected chi connectivity index (χ2v) is 5.05. The molecular formula is C11H13NS2. The molecule has 0 saturated carbocycles. The monoisotopic (exact) mass is 223 g/mol. The zero-order valence-corrected chi connectivity index (χ0v) is 9.48. The van der Waals surface area contributed by atoms with Gasteiger partial charge in [0.25, 0.3) is 0 Å². The quantitative estimate of drug-likeness (QED) is 0.844. The number of thiophene rings is 2. The van der Waals surface area contributed by atoms with E-state index in [1.807, 2.05) is 0 Å². The molecular weight excluding hydrogens is 210 g/mol. The minimum Gasteiger partial charge on any atom is -0.323 e. The minimum atomic E-state index is 0.204. The lowest BCUT2D eigenvalue weighted by atomic mass is 10.1. The molecule has 2 rings (SSSR count). The predicted molar refractivity (Wildman–Crippen MR) is 63.9 cm³/mol. The predicted octanol–water partition coefficient (Wildman–Crippen LogP) is 3.44. The van der Waals surface area contributed by atoms with E-state index < -0.39 is 0 Å². The van der Waals surface area contributed by atoms with Crippen molar-refractivity contribution in [3.63, 3.8) is 0 Å². The van der Waals surface area contributed by atoms with E-state index in [2.05, 4.69) is 34.3 Å². The first-order valence-corrected chi connectivity index (χ1v) is 6.48. The third-order valence-electron chi connectivity index (χ3n) is 2.23. The van der Waals surface area contributed by atoms with Gasteiger partial charge in [-0.1, -0.05) is 6.07 Å². The molecule has 2 aromatic heterocycles. The van der Waals surface area contributed by atoms with E-state index >= 15 is 0 Å². The summed E-state index contributed by atoms with van der Waals surface area (Å²) in [6, 6.07) is 6.55. The van der Waals surface area contributed by atoms with Crippen molar-refractivity contribution in [2.75, 3.05) is 0 Å². The molecule has 2 N–H and O–H groups in total. The Bertz CT molecular complexity index is 351. The van der Waals surface area contributed by atoms with Crippen molar-refractivity contribution in [3.05, 3.63) is 44.8 Å². The van der Waals surface area contributed by atoms with Crippen molar-refractivity contribution in [1.29, 1.82) is 0 Å². The van der Waals surface area contributed by atoms with E-state index in [1.165, 1.54) is 10.4 Å². The first kappa shape index (κ1) is 9.90. The Morgan fingerprint density at radius 3 is 2.86 bits per heavy atom. The average molecular weight is 223 g/mol. The lowest BCUT2D eigenvalue weighted by Gasteiger charge is -2.07. The van der Waals surface area contributed by atoms with Crippen LogP contribution in [0, 0.1) is 0 Å². The number of hydrogen-bond donors (Lipinski definition) is 1. The molecule has 0 saturated heterocycles. The van der Waals surface area contributed by atoms with Gasteiger partial charge >= 0.3 is 0 Å². The summed E-state index contributed by atoms with van der Waals surface area (Å²) in [4.78, 5) is 1.29. The van der Waals surface area contributed by atoms with Crippen molar-refractivity contribution >= 4 is 22.7 Å². The van der Waals surface area contributed by atoms with Crippen LogP contribution in [0.3, 0.4) is 0 Å². The van der Waals surface area contributed by atoms with E-state index in [0.29, 0.717) is 0 Å². The molecule has 1 nitrogen and oxygen atoms in total. The maximum absolute atomic E-state index is 6.07. The van der Waals surface area contributed by atoms with Gasteiger partial charge in [-0.2, -0.15) is 11.3 Å². The molecule has 2 heterocycles. The fourth-order valence-corrected chi connectivity index (χ4v) is 2.87. The highest BCUT2D eigenvalue weighted by Gasteiger charge is 2.06. The maximum atomic E-state index is 6.07. The summed E-state index contributed by atoms with van der Waals surface area (Å²) in [7, 11) is 0. The van der Waals surface area contributed by atoms with Crippen molar-refractivity contribution in [2.24, 2.45) is 5.73 Å². The zero-order chi connectivity index (χ0) is 9.80. The standard InChI is InChI=1S/C11H13NS2/c12-10(11-2-1-6-14-11)4-3-9-5-7-13-8-9/h1-2,5-8,10H,3-4,12H2. The molecule has 3 heteroatoms. The Hall–Kier alpha value is -0.640. The molecule has 0 spiro atoms. The van der Waals surface area contributed by atoms with E-state index in [0.717, 1.165) is 12.8 Å². The van der Waals surface area contributed by atoms with Crippen LogP contribution in [0.25, 0.3) is 0 Å². The Morgan fingerprint density at radius 1 is 1.29 bits per heavy atom. The molecule has 1 unspecified atom stereocenters. The molecule has 0 radical (unpaired) electrons. The molecule has 2 aromatic rings. The lowest BCUT2D eigenvalue weighted by Crippen LogP contribution is -2.09. The summed E-state index contributed by atoms with van der Waals surface area (Å²) in [5.74, 6) is 0. The molecule has 0 aromatic carbocycles. The summed E-state index contributed by atoms with van der Waals surface area (Å²) in [5.41, 5.74) is 7.47. The van der Waals surface area contributed by atoms with Crippen molar-refractivity contribution in [3.8, 4) is 0 Å². The summed E-state index contributed by atoms with van der Waals surface area (Å²) in [5, 5.41) is 6.40. The van der Waals surface area contributed by atoms with E-state index in [-0.39, 0.29) is 6.04 Å². The summed E-state index contributed by atoms with van der Waals surface area (Å²) in [6.07, 6.45) is 2.12. The van der Waals surface area contributed by atoms with Crippen LogP contribution in [0.4, 0.5) is 0 Å². The van der Waals surface area contributed by atoms with Crippen molar-refractivity contribution in [1.82, 2.24) is 0 Å². The molecule has 0 aliphatic carbocycles. The molecule has 0 aliphatic rings. The Balaban J connectivity index is 1.87. The number of rotatable bonds is 4. The van der Waals surface area contributed by atoms with Gasteiger partial charge in [0.15, 0.2) is 0 Å². The smallest absolute Gasteiger partial charge is 0.0392 e. The topological polar surface area (TPSA) is 26.0 Å². The van der Waals surface area contributed by atoms with Crippen LogP contribution in [0.2, 0.25) is 0 Å². The van der Waals surface area contributed by atoms with Crippen LogP contribution < -0.4 is 5.73 Å². The Labute approximate surface area is 92.2 Å². The third kappa shape index (κ3) is 2.44. The zero-order valence-electron chi connectivity index (χ0n) is 7.85. The summed E-state index contributed by atoms with van der Waals surface area (Å²) >= 11 is 3.50. The SMILES string of the molecule is NC(CCc1ccsc1)c1cccs1. The first-order valence-electron chi connectivity index (χ1n) is 4.66. The van der Waals surface area contributed by atoms with Crippen LogP contribution in [0.15, 0.2) is 34.3 Å². The first-order chi connectivity index (χ1) is 6.86. The Kier molecular flexibility index (Phi) is 3.35. The highest BCUT2D eigenvalue weighted by atomic mass is 32.1. The van der Waals surface area contributed by atoms with Crippen LogP contribution in [0.5, 0.6) is 0 Å². The molecule has 0 amide bonds. The average Bonchev–Trinajstić information content (AvgIpc) is 2.87. The van der Waals surface area contributed by atoms with Gasteiger partial charge in [0, 0.05) is 10.9 Å². The van der Waals surface area contributed by atoms with Gasteiger partial charge in [0.1, 0.15) is 0 Å². The normalized spacial score (nSPS) is 12.9. The van der Waals surface area contributed by atoms with Gasteiger partial charge in [0.2, 0.25) is 0 Å². The second-order valence-electron chi connectivity index (χ2n) is 3.29. The van der Waals surface area contributed by atoms with Gasteiger partial charge in [-0.3, -0.25) is 0 Å². The van der Waals surface area contributed by atoms with Crippen molar-refractivity contribution < 1.29 is 0 Å². The van der Waals surface area contributed by atoms with E-state index in [1.54, 1.807) is 22.7 Å². The summed E-state index contributed by atoms with van der Waals surface area (Å²) in [6.45, 7) is 0. The highest BCUT2D eigenvalue weighted by molar-refractivity contribution is 7.10.